The molecule has 19 heavy (non-hydrogen) atoms. The molecule has 3 aliphatic rings. The van der Waals surface area contributed by atoms with Crippen molar-refractivity contribution in [3.8, 4) is 0 Å². The molecule has 1 amide bonds. The summed E-state index contributed by atoms with van der Waals surface area (Å²) in [6.45, 7) is 4.36. The summed E-state index contributed by atoms with van der Waals surface area (Å²) in [5, 5.41) is 0. The summed E-state index contributed by atoms with van der Waals surface area (Å²) < 4.78 is 0. The zero-order valence-electron chi connectivity index (χ0n) is 11.9. The van der Waals surface area contributed by atoms with Crippen LogP contribution in [0.2, 0.25) is 0 Å². The number of rotatable bonds is 2. The van der Waals surface area contributed by atoms with Crippen LogP contribution in [0.4, 0.5) is 0 Å². The van der Waals surface area contributed by atoms with Crippen LogP contribution in [-0.2, 0) is 4.79 Å². The quantitative estimate of drug-likeness (QED) is 0.816. The Hall–Kier alpha value is -0.610. The second-order valence-corrected chi connectivity index (χ2v) is 6.52. The van der Waals surface area contributed by atoms with Gasteiger partial charge in [-0.2, -0.15) is 0 Å². The predicted molar refractivity (Wildman–Crippen MR) is 75.7 cm³/mol. The summed E-state index contributed by atoms with van der Waals surface area (Å²) in [6, 6.07) is 0.721. The fourth-order valence-corrected chi connectivity index (χ4v) is 4.05. The van der Waals surface area contributed by atoms with Crippen molar-refractivity contribution < 1.29 is 4.79 Å². The number of carbonyl (C=O) groups is 1. The van der Waals surface area contributed by atoms with Crippen LogP contribution in [0.15, 0.2) is 0 Å². The number of nitrogens with two attached hydrogens (primary N) is 1. The lowest BCUT2D eigenvalue weighted by Gasteiger charge is -2.31. The molecule has 1 saturated carbocycles. The molecule has 3 unspecified atom stereocenters. The molecule has 4 heteroatoms. The van der Waals surface area contributed by atoms with Gasteiger partial charge in [-0.15, -0.1) is 0 Å². The second kappa shape index (κ2) is 5.80. The molecule has 0 aromatic carbocycles. The van der Waals surface area contributed by atoms with Gasteiger partial charge in [-0.1, -0.05) is 12.8 Å². The molecular weight excluding hydrogens is 238 g/mol. The summed E-state index contributed by atoms with van der Waals surface area (Å²) in [7, 11) is 0. The van der Waals surface area contributed by atoms with Gasteiger partial charge in [-0.3, -0.25) is 9.69 Å². The lowest BCUT2D eigenvalue weighted by atomic mass is 9.84. The molecule has 2 N–H and O–H groups in total. The van der Waals surface area contributed by atoms with Crippen LogP contribution in [0.5, 0.6) is 0 Å². The van der Waals surface area contributed by atoms with E-state index >= 15 is 0 Å². The van der Waals surface area contributed by atoms with Crippen LogP contribution in [-0.4, -0.2) is 54.0 Å². The molecule has 108 valence electrons. The topological polar surface area (TPSA) is 49.6 Å². The van der Waals surface area contributed by atoms with E-state index in [1.54, 1.807) is 0 Å². The third-order valence-corrected chi connectivity index (χ3v) is 5.27. The van der Waals surface area contributed by atoms with Crippen LogP contribution >= 0.6 is 0 Å². The standard InChI is InChI=1S/C15H27N3O/c16-14-6-2-1-5-13(14)15(19)18-10-7-12(11-18)17-8-3-4-9-17/h12-14H,1-11,16H2. The molecule has 0 spiro atoms. The lowest BCUT2D eigenvalue weighted by Crippen LogP contribution is -2.46. The Bertz CT molecular complexity index is 327. The molecule has 3 atom stereocenters. The summed E-state index contributed by atoms with van der Waals surface area (Å²) in [4.78, 5) is 17.3. The van der Waals surface area contributed by atoms with Gasteiger partial charge in [-0.25, -0.2) is 0 Å². The van der Waals surface area contributed by atoms with Gasteiger partial charge < -0.3 is 10.6 Å². The average molecular weight is 265 g/mol. The molecule has 2 heterocycles. The first-order valence-electron chi connectivity index (χ1n) is 8.04. The number of hydrogen-bond donors (Lipinski definition) is 1. The van der Waals surface area contributed by atoms with Crippen molar-refractivity contribution >= 4 is 5.91 Å². The van der Waals surface area contributed by atoms with E-state index in [1.807, 2.05) is 0 Å². The van der Waals surface area contributed by atoms with Crippen LogP contribution in [0.3, 0.4) is 0 Å². The molecule has 0 aromatic rings. The highest BCUT2D eigenvalue weighted by molar-refractivity contribution is 5.80. The van der Waals surface area contributed by atoms with E-state index in [-0.39, 0.29) is 12.0 Å². The third kappa shape index (κ3) is 2.79. The number of likely N-dealkylation sites (tertiary alicyclic amines) is 2. The zero-order chi connectivity index (χ0) is 13.2. The summed E-state index contributed by atoms with van der Waals surface area (Å²) >= 11 is 0. The maximum Gasteiger partial charge on any atom is 0.227 e. The van der Waals surface area contributed by atoms with Gasteiger partial charge in [0.25, 0.3) is 0 Å². The van der Waals surface area contributed by atoms with Gasteiger partial charge in [0.1, 0.15) is 0 Å². The molecule has 4 nitrogen and oxygen atoms in total. The van der Waals surface area contributed by atoms with Gasteiger partial charge in [0.05, 0.1) is 5.92 Å². The first-order chi connectivity index (χ1) is 9.25. The van der Waals surface area contributed by atoms with E-state index < -0.39 is 0 Å². The second-order valence-electron chi connectivity index (χ2n) is 6.52. The van der Waals surface area contributed by atoms with E-state index in [0.29, 0.717) is 11.9 Å². The van der Waals surface area contributed by atoms with Crippen LogP contribution in [0.1, 0.15) is 44.9 Å². The predicted octanol–water partition coefficient (Wildman–Crippen LogP) is 1.20. The molecule has 3 fully saturated rings. The van der Waals surface area contributed by atoms with Crippen LogP contribution in [0.25, 0.3) is 0 Å². The summed E-state index contributed by atoms with van der Waals surface area (Å²) in [5.74, 6) is 0.444. The van der Waals surface area contributed by atoms with E-state index in [9.17, 15) is 4.79 Å². The maximum absolute atomic E-state index is 12.6. The first-order valence-corrected chi connectivity index (χ1v) is 8.04. The van der Waals surface area contributed by atoms with Crippen molar-refractivity contribution in [1.82, 2.24) is 9.80 Å². The van der Waals surface area contributed by atoms with Crippen molar-refractivity contribution in [1.29, 1.82) is 0 Å². The van der Waals surface area contributed by atoms with E-state index in [1.165, 1.54) is 38.8 Å². The zero-order valence-corrected chi connectivity index (χ0v) is 11.9. The highest BCUT2D eigenvalue weighted by Gasteiger charge is 2.36. The SMILES string of the molecule is NC1CCCCC1C(=O)N1CCC(N2CCCC2)C1. The van der Waals surface area contributed by atoms with Crippen LogP contribution in [0, 0.1) is 5.92 Å². The Morgan fingerprint density at radius 3 is 2.42 bits per heavy atom. The van der Waals surface area contributed by atoms with Crippen LogP contribution < -0.4 is 5.73 Å². The normalized spacial score (nSPS) is 36.9. The van der Waals surface area contributed by atoms with Gasteiger partial charge in [0.15, 0.2) is 0 Å². The Balaban J connectivity index is 1.56. The van der Waals surface area contributed by atoms with E-state index in [4.69, 9.17) is 5.73 Å². The third-order valence-electron chi connectivity index (χ3n) is 5.27. The van der Waals surface area contributed by atoms with Crippen molar-refractivity contribution in [2.24, 2.45) is 11.7 Å². The summed E-state index contributed by atoms with van der Waals surface area (Å²) in [5.41, 5.74) is 6.15. The Kier molecular flexibility index (Phi) is 4.08. The fourth-order valence-electron chi connectivity index (χ4n) is 4.05. The van der Waals surface area contributed by atoms with Crippen molar-refractivity contribution in [2.75, 3.05) is 26.2 Å². The molecule has 0 aromatic heterocycles. The van der Waals surface area contributed by atoms with Gasteiger partial charge in [-0.05, 0) is 45.2 Å². The number of nitrogens with zero attached hydrogens (tertiary/aromatic N) is 2. The summed E-state index contributed by atoms with van der Waals surface area (Å²) in [6.07, 6.45) is 8.23. The smallest absolute Gasteiger partial charge is 0.227 e. The van der Waals surface area contributed by atoms with Gasteiger partial charge >= 0.3 is 0 Å². The minimum Gasteiger partial charge on any atom is -0.341 e. The number of hydrogen-bond acceptors (Lipinski definition) is 3. The van der Waals surface area contributed by atoms with E-state index in [2.05, 4.69) is 9.80 Å². The fraction of sp³-hybridized carbons (Fsp3) is 0.933. The number of amides is 1. The highest BCUT2D eigenvalue weighted by atomic mass is 16.2. The first kappa shape index (κ1) is 13.4. The lowest BCUT2D eigenvalue weighted by molar-refractivity contribution is -0.136. The Labute approximate surface area is 116 Å². The van der Waals surface area contributed by atoms with E-state index in [0.717, 1.165) is 32.4 Å². The Morgan fingerprint density at radius 1 is 0.947 bits per heavy atom. The minimum absolute atomic E-state index is 0.103. The molecule has 2 aliphatic heterocycles. The molecule has 2 saturated heterocycles. The molecule has 0 radical (unpaired) electrons. The molecule has 1 aliphatic carbocycles. The largest absolute Gasteiger partial charge is 0.341 e. The van der Waals surface area contributed by atoms with Crippen molar-refractivity contribution in [2.45, 2.75) is 57.0 Å². The molecular formula is C15H27N3O. The van der Waals surface area contributed by atoms with Crippen molar-refractivity contribution in [3.63, 3.8) is 0 Å². The monoisotopic (exact) mass is 265 g/mol. The number of carbonyl (C=O) groups excluding carboxylic acids is 1. The average Bonchev–Trinajstić information content (AvgIpc) is 3.09. The highest BCUT2D eigenvalue weighted by Crippen LogP contribution is 2.27. The van der Waals surface area contributed by atoms with Crippen molar-refractivity contribution in [3.05, 3.63) is 0 Å². The Morgan fingerprint density at radius 2 is 1.68 bits per heavy atom. The molecule has 0 bridgehead atoms. The maximum atomic E-state index is 12.6. The molecule has 3 rings (SSSR count). The minimum atomic E-state index is 0.103. The van der Waals surface area contributed by atoms with Gasteiger partial charge in [0.2, 0.25) is 5.91 Å². The van der Waals surface area contributed by atoms with Gasteiger partial charge in [0, 0.05) is 25.2 Å².